The maximum Gasteiger partial charge on any atom is 0.270 e. The van der Waals surface area contributed by atoms with E-state index in [1.165, 1.54) is 18.2 Å². The maximum atomic E-state index is 12.5. The molecule has 134 valence electrons. The lowest BCUT2D eigenvalue weighted by molar-refractivity contribution is -0.385. The van der Waals surface area contributed by atoms with Crippen LogP contribution in [0.15, 0.2) is 52.7 Å². The first-order valence-electron chi connectivity index (χ1n) is 7.57. The van der Waals surface area contributed by atoms with Gasteiger partial charge in [-0.05, 0) is 31.5 Å². The van der Waals surface area contributed by atoms with Gasteiger partial charge < -0.3 is 0 Å². The van der Waals surface area contributed by atoms with Crippen molar-refractivity contribution in [2.75, 3.05) is 4.72 Å². The van der Waals surface area contributed by atoms with Crippen LogP contribution < -0.4 is 4.72 Å². The van der Waals surface area contributed by atoms with Gasteiger partial charge >= 0.3 is 0 Å². The molecule has 0 amide bonds. The van der Waals surface area contributed by atoms with E-state index in [4.69, 9.17) is 0 Å². The van der Waals surface area contributed by atoms with Gasteiger partial charge in [0.2, 0.25) is 0 Å². The van der Waals surface area contributed by atoms with Crippen molar-refractivity contribution in [2.24, 2.45) is 0 Å². The molecule has 1 N–H and O–H groups in total. The topological polar surface area (TPSA) is 102 Å². The molecule has 0 aliphatic heterocycles. The van der Waals surface area contributed by atoms with E-state index in [0.29, 0.717) is 5.69 Å². The standard InChI is InChI=1S/C17H15N3O4S2/c1-11-6-7-12(2)15(8-11)16-10-25-17(18-16)19-26(23,24)14-5-3-4-13(9-14)20(21)22/h3-10H,1-2H3,(H,18,19). The Kier molecular flexibility index (Phi) is 4.75. The minimum absolute atomic E-state index is 0.185. The third-order valence-electron chi connectivity index (χ3n) is 3.73. The average molecular weight is 389 g/mol. The first-order chi connectivity index (χ1) is 12.3. The Labute approximate surface area is 154 Å². The van der Waals surface area contributed by atoms with Crippen LogP contribution in [0.4, 0.5) is 10.8 Å². The van der Waals surface area contributed by atoms with Crippen molar-refractivity contribution in [3.05, 3.63) is 69.1 Å². The fraction of sp³-hybridized carbons (Fsp3) is 0.118. The minimum atomic E-state index is -3.96. The van der Waals surface area contributed by atoms with E-state index >= 15 is 0 Å². The van der Waals surface area contributed by atoms with E-state index in [1.54, 1.807) is 5.38 Å². The Hall–Kier alpha value is -2.78. The van der Waals surface area contributed by atoms with Gasteiger partial charge in [-0.1, -0.05) is 23.8 Å². The number of nitrogens with one attached hydrogen (secondary N) is 1. The van der Waals surface area contributed by atoms with Crippen molar-refractivity contribution in [3.8, 4) is 11.3 Å². The van der Waals surface area contributed by atoms with Crippen molar-refractivity contribution in [2.45, 2.75) is 18.7 Å². The molecule has 1 aromatic heterocycles. The maximum absolute atomic E-state index is 12.5. The Bertz CT molecular complexity index is 1090. The second-order valence-corrected chi connectivity index (χ2v) is 8.26. The quantitative estimate of drug-likeness (QED) is 0.522. The highest BCUT2D eigenvalue weighted by molar-refractivity contribution is 7.93. The molecule has 9 heteroatoms. The summed E-state index contributed by atoms with van der Waals surface area (Å²) in [5, 5.41) is 12.8. The molecule has 7 nitrogen and oxygen atoms in total. The number of non-ortho nitro benzene ring substituents is 1. The van der Waals surface area contributed by atoms with Crippen molar-refractivity contribution in [1.29, 1.82) is 0 Å². The van der Waals surface area contributed by atoms with Crippen LogP contribution in [0.3, 0.4) is 0 Å². The smallest absolute Gasteiger partial charge is 0.258 e. The normalized spacial score (nSPS) is 11.3. The second kappa shape index (κ2) is 6.85. The molecular weight excluding hydrogens is 374 g/mol. The number of rotatable bonds is 5. The van der Waals surface area contributed by atoms with Gasteiger partial charge in [0.05, 0.1) is 15.5 Å². The molecule has 0 saturated heterocycles. The average Bonchev–Trinajstić information content (AvgIpc) is 3.04. The number of hydrogen-bond donors (Lipinski definition) is 1. The summed E-state index contributed by atoms with van der Waals surface area (Å²) in [6, 6.07) is 10.9. The van der Waals surface area contributed by atoms with Gasteiger partial charge in [-0.3, -0.25) is 14.8 Å². The summed E-state index contributed by atoms with van der Waals surface area (Å²) in [7, 11) is -3.96. The van der Waals surface area contributed by atoms with Crippen LogP contribution in [0.25, 0.3) is 11.3 Å². The predicted molar refractivity (Wildman–Crippen MR) is 101 cm³/mol. The summed E-state index contributed by atoms with van der Waals surface area (Å²) in [6.45, 7) is 3.93. The Morgan fingerprint density at radius 1 is 1.15 bits per heavy atom. The zero-order valence-corrected chi connectivity index (χ0v) is 15.6. The molecule has 0 bridgehead atoms. The number of anilines is 1. The summed E-state index contributed by atoms with van der Waals surface area (Å²) in [6.07, 6.45) is 0. The molecule has 1 heterocycles. The van der Waals surface area contributed by atoms with Crippen molar-refractivity contribution in [1.82, 2.24) is 4.98 Å². The number of benzene rings is 2. The largest absolute Gasteiger partial charge is 0.270 e. The number of nitro benzene ring substituents is 1. The Morgan fingerprint density at radius 2 is 1.92 bits per heavy atom. The number of nitrogens with zero attached hydrogens (tertiary/aromatic N) is 2. The molecule has 0 aliphatic carbocycles. The molecule has 3 aromatic rings. The van der Waals surface area contributed by atoms with Gasteiger partial charge in [0.25, 0.3) is 15.7 Å². The third-order valence-corrected chi connectivity index (χ3v) is 5.96. The van der Waals surface area contributed by atoms with Crippen LogP contribution in [-0.4, -0.2) is 18.3 Å². The van der Waals surface area contributed by atoms with E-state index in [1.807, 2.05) is 32.0 Å². The lowest BCUT2D eigenvalue weighted by Gasteiger charge is -2.05. The first kappa shape index (κ1) is 18.0. The van der Waals surface area contributed by atoms with Crippen LogP contribution in [-0.2, 0) is 10.0 Å². The molecule has 0 saturated carbocycles. The van der Waals surface area contributed by atoms with Gasteiger partial charge in [0, 0.05) is 23.1 Å². The van der Waals surface area contributed by atoms with E-state index in [9.17, 15) is 18.5 Å². The summed E-state index contributed by atoms with van der Waals surface area (Å²) >= 11 is 1.16. The monoisotopic (exact) mass is 389 g/mol. The van der Waals surface area contributed by atoms with Crippen molar-refractivity contribution in [3.63, 3.8) is 0 Å². The van der Waals surface area contributed by atoms with Gasteiger partial charge in [-0.25, -0.2) is 13.4 Å². The number of thiazole rings is 1. The summed E-state index contributed by atoms with van der Waals surface area (Å²) < 4.78 is 27.3. The van der Waals surface area contributed by atoms with Crippen LogP contribution in [0.5, 0.6) is 0 Å². The molecule has 0 spiro atoms. The highest BCUT2D eigenvalue weighted by atomic mass is 32.2. The van der Waals surface area contributed by atoms with Gasteiger partial charge in [-0.15, -0.1) is 11.3 Å². The van der Waals surface area contributed by atoms with E-state index in [0.717, 1.165) is 34.1 Å². The van der Waals surface area contributed by atoms with E-state index in [2.05, 4.69) is 9.71 Å². The highest BCUT2D eigenvalue weighted by Crippen LogP contribution is 2.29. The fourth-order valence-corrected chi connectivity index (χ4v) is 4.40. The van der Waals surface area contributed by atoms with Crippen LogP contribution in [0, 0.1) is 24.0 Å². The number of hydrogen-bond acceptors (Lipinski definition) is 6. The summed E-state index contributed by atoms with van der Waals surface area (Å²) in [4.78, 5) is 14.4. The molecule has 2 aromatic carbocycles. The van der Waals surface area contributed by atoms with Crippen LogP contribution >= 0.6 is 11.3 Å². The van der Waals surface area contributed by atoms with Crippen molar-refractivity contribution < 1.29 is 13.3 Å². The predicted octanol–water partition coefficient (Wildman–Crippen LogP) is 4.14. The zero-order valence-electron chi connectivity index (χ0n) is 14.0. The molecule has 0 fully saturated rings. The summed E-state index contributed by atoms with van der Waals surface area (Å²) in [5.41, 5.74) is 3.43. The lowest BCUT2D eigenvalue weighted by atomic mass is 10.0. The zero-order chi connectivity index (χ0) is 18.9. The first-order valence-corrected chi connectivity index (χ1v) is 9.93. The SMILES string of the molecule is Cc1ccc(C)c(-c2csc(NS(=O)(=O)c3cccc([N+](=O)[O-])c3)n2)c1. The van der Waals surface area contributed by atoms with Gasteiger partial charge in [0.1, 0.15) is 0 Å². The number of aryl methyl sites for hydroxylation is 2. The van der Waals surface area contributed by atoms with E-state index < -0.39 is 14.9 Å². The minimum Gasteiger partial charge on any atom is -0.258 e. The van der Waals surface area contributed by atoms with Gasteiger partial charge in [0.15, 0.2) is 5.13 Å². The van der Waals surface area contributed by atoms with E-state index in [-0.39, 0.29) is 15.7 Å². The molecule has 26 heavy (non-hydrogen) atoms. The Balaban J connectivity index is 1.90. The van der Waals surface area contributed by atoms with Crippen LogP contribution in [0.2, 0.25) is 0 Å². The molecule has 0 radical (unpaired) electrons. The van der Waals surface area contributed by atoms with Gasteiger partial charge in [-0.2, -0.15) is 0 Å². The number of nitro groups is 1. The van der Waals surface area contributed by atoms with Crippen molar-refractivity contribution >= 4 is 32.2 Å². The fourth-order valence-electron chi connectivity index (χ4n) is 2.39. The second-order valence-electron chi connectivity index (χ2n) is 5.72. The number of aromatic nitrogens is 1. The highest BCUT2D eigenvalue weighted by Gasteiger charge is 2.19. The molecule has 3 rings (SSSR count). The molecule has 0 atom stereocenters. The third kappa shape index (κ3) is 3.73. The van der Waals surface area contributed by atoms with Crippen LogP contribution in [0.1, 0.15) is 11.1 Å². The molecule has 0 unspecified atom stereocenters. The summed E-state index contributed by atoms with van der Waals surface area (Å²) in [5.74, 6) is 0. The number of sulfonamides is 1. The molecular formula is C17H15N3O4S2. The molecule has 0 aliphatic rings. The lowest BCUT2D eigenvalue weighted by Crippen LogP contribution is -2.13. The Morgan fingerprint density at radius 3 is 2.65 bits per heavy atom.